The molecule has 162 valence electrons. The molecule has 10 heteroatoms. The third-order valence-electron chi connectivity index (χ3n) is 5.11. The second kappa shape index (κ2) is 9.32. The van der Waals surface area contributed by atoms with Crippen LogP contribution >= 0.6 is 15.9 Å². The number of benzene rings is 2. The summed E-state index contributed by atoms with van der Waals surface area (Å²) in [6.45, 7) is 0.911. The molecule has 0 radical (unpaired) electrons. The highest BCUT2D eigenvalue weighted by Crippen LogP contribution is 2.31. The van der Waals surface area contributed by atoms with Crippen molar-refractivity contribution in [1.82, 2.24) is 14.5 Å². The summed E-state index contributed by atoms with van der Waals surface area (Å²) in [5.74, 6) is -0.486. The number of hydrogen-bond donors (Lipinski definition) is 1. The summed E-state index contributed by atoms with van der Waals surface area (Å²) in [5.41, 5.74) is 0.950. The minimum absolute atomic E-state index is 0.0895. The predicted octanol–water partition coefficient (Wildman–Crippen LogP) is 1.25. The van der Waals surface area contributed by atoms with Crippen LogP contribution in [0.25, 0.3) is 10.8 Å². The van der Waals surface area contributed by atoms with Crippen LogP contribution < -0.4 is 10.2 Å². The lowest BCUT2D eigenvalue weighted by Crippen LogP contribution is -2.52. The number of carbonyl (C=O) groups is 2. The number of sulfonamides is 1. The molecule has 8 nitrogen and oxygen atoms in total. The Hall–Kier alpha value is -2.17. The van der Waals surface area contributed by atoms with Crippen molar-refractivity contribution in [1.29, 1.82) is 0 Å². The van der Waals surface area contributed by atoms with E-state index in [0.717, 1.165) is 11.1 Å². The maximum absolute atomic E-state index is 13.4. The Morgan fingerprint density at radius 3 is 2.30 bits per heavy atom. The highest BCUT2D eigenvalue weighted by atomic mass is 79.9. The summed E-state index contributed by atoms with van der Waals surface area (Å²) in [4.78, 5) is 27.3. The first-order chi connectivity index (χ1) is 14.3. The van der Waals surface area contributed by atoms with Crippen LogP contribution in [0.3, 0.4) is 0 Å². The third kappa shape index (κ3) is 4.60. The zero-order chi connectivity index (χ0) is 21.9. The van der Waals surface area contributed by atoms with Gasteiger partial charge in [0.15, 0.2) is 0 Å². The van der Waals surface area contributed by atoms with E-state index in [1.54, 1.807) is 17.0 Å². The molecule has 1 aliphatic rings. The standard InChI is InChI=1S/C20H25BrN4O4S/c1-23(2)17-7-3-6-16-15(17)5-4-8-18(16)30(28,29)25-11-9-24(10-12-25)20(27)14-22-19(26)13-21/h3-8H,9-14H2,1-2H3,(H,22,26). The van der Waals surface area contributed by atoms with E-state index in [9.17, 15) is 18.0 Å². The third-order valence-corrected chi connectivity index (χ3v) is 7.57. The first kappa shape index (κ1) is 22.5. The monoisotopic (exact) mass is 496 g/mol. The summed E-state index contributed by atoms with van der Waals surface area (Å²) in [7, 11) is 0.137. The molecule has 3 rings (SSSR count). The van der Waals surface area contributed by atoms with Crippen molar-refractivity contribution in [2.75, 3.05) is 57.0 Å². The first-order valence-corrected chi connectivity index (χ1v) is 12.1. The first-order valence-electron chi connectivity index (χ1n) is 9.55. The Kier molecular flexibility index (Phi) is 6.99. The number of amides is 2. The van der Waals surface area contributed by atoms with Gasteiger partial charge in [-0.2, -0.15) is 4.31 Å². The smallest absolute Gasteiger partial charge is 0.243 e. The van der Waals surface area contributed by atoms with E-state index in [-0.39, 0.29) is 54.8 Å². The number of halogens is 1. The van der Waals surface area contributed by atoms with Crippen molar-refractivity contribution in [2.45, 2.75) is 4.90 Å². The molecule has 2 aromatic rings. The Balaban J connectivity index is 1.77. The van der Waals surface area contributed by atoms with Crippen molar-refractivity contribution in [3.8, 4) is 0 Å². The minimum atomic E-state index is -3.71. The SMILES string of the molecule is CN(C)c1cccc2c(S(=O)(=O)N3CCN(C(=O)CNC(=O)CBr)CC3)cccc12. The fraction of sp³-hybridized carbons (Fsp3) is 0.400. The quantitative estimate of drug-likeness (QED) is 0.607. The average Bonchev–Trinajstić information content (AvgIpc) is 2.76. The maximum atomic E-state index is 13.4. The van der Waals surface area contributed by atoms with Crippen LogP contribution in [0.1, 0.15) is 0 Å². The number of rotatable bonds is 6. The highest BCUT2D eigenvalue weighted by Gasteiger charge is 2.31. The number of hydrogen-bond acceptors (Lipinski definition) is 5. The van der Waals surface area contributed by atoms with Crippen LogP contribution in [0.2, 0.25) is 0 Å². The number of carbonyl (C=O) groups excluding carboxylic acids is 2. The van der Waals surface area contributed by atoms with Crippen molar-refractivity contribution >= 4 is 54.2 Å². The van der Waals surface area contributed by atoms with Crippen molar-refractivity contribution in [3.05, 3.63) is 36.4 Å². The van der Waals surface area contributed by atoms with E-state index >= 15 is 0 Å². The van der Waals surface area contributed by atoms with Gasteiger partial charge in [-0.1, -0.05) is 40.2 Å². The predicted molar refractivity (Wildman–Crippen MR) is 120 cm³/mol. The van der Waals surface area contributed by atoms with Crippen LogP contribution in [0.5, 0.6) is 0 Å². The van der Waals surface area contributed by atoms with E-state index in [0.29, 0.717) is 5.39 Å². The van der Waals surface area contributed by atoms with E-state index in [4.69, 9.17) is 0 Å². The summed E-state index contributed by atoms with van der Waals surface area (Å²) in [6.07, 6.45) is 0. The van der Waals surface area contributed by atoms with Crippen molar-refractivity contribution in [3.63, 3.8) is 0 Å². The Bertz CT molecular complexity index is 1050. The number of fused-ring (bicyclic) bond motifs is 1. The molecule has 0 saturated carbocycles. The second-order valence-corrected chi connectivity index (χ2v) is 9.69. The largest absolute Gasteiger partial charge is 0.377 e. The normalized spacial score (nSPS) is 15.2. The van der Waals surface area contributed by atoms with Crippen LogP contribution in [-0.2, 0) is 19.6 Å². The highest BCUT2D eigenvalue weighted by molar-refractivity contribution is 9.09. The van der Waals surface area contributed by atoms with Gasteiger partial charge in [-0.3, -0.25) is 9.59 Å². The molecule has 0 unspecified atom stereocenters. The van der Waals surface area contributed by atoms with Gasteiger partial charge >= 0.3 is 0 Å². The van der Waals surface area contributed by atoms with Gasteiger partial charge in [-0.25, -0.2) is 8.42 Å². The molecule has 0 spiro atoms. The van der Waals surface area contributed by atoms with Crippen LogP contribution in [0.4, 0.5) is 5.69 Å². The Morgan fingerprint density at radius 1 is 1.03 bits per heavy atom. The number of anilines is 1. The van der Waals surface area contributed by atoms with Gasteiger partial charge in [0.1, 0.15) is 0 Å². The molecule has 30 heavy (non-hydrogen) atoms. The lowest BCUT2D eigenvalue weighted by Gasteiger charge is -2.34. The number of alkyl halides is 1. The molecule has 1 saturated heterocycles. The molecule has 2 amide bonds. The average molecular weight is 497 g/mol. The number of nitrogens with one attached hydrogen (secondary N) is 1. The summed E-state index contributed by atoms with van der Waals surface area (Å²) in [5, 5.41) is 4.21. The summed E-state index contributed by atoms with van der Waals surface area (Å²) in [6, 6.07) is 10.9. The Labute approximate surface area is 185 Å². The van der Waals surface area contributed by atoms with Gasteiger partial charge in [-0.05, 0) is 12.1 Å². The van der Waals surface area contributed by atoms with Crippen molar-refractivity contribution in [2.24, 2.45) is 0 Å². The van der Waals surface area contributed by atoms with Crippen LogP contribution in [0, 0.1) is 0 Å². The van der Waals surface area contributed by atoms with E-state index in [1.807, 2.05) is 43.3 Å². The summed E-state index contributed by atoms with van der Waals surface area (Å²) >= 11 is 3.03. The molecule has 0 aromatic heterocycles. The van der Waals surface area contributed by atoms with Gasteiger partial charge < -0.3 is 15.1 Å². The molecule has 2 aromatic carbocycles. The summed E-state index contributed by atoms with van der Waals surface area (Å²) < 4.78 is 28.1. The molecule has 1 heterocycles. The molecule has 1 N–H and O–H groups in total. The van der Waals surface area contributed by atoms with E-state index in [1.165, 1.54) is 4.31 Å². The zero-order valence-corrected chi connectivity index (χ0v) is 19.4. The van der Waals surface area contributed by atoms with Crippen LogP contribution in [0.15, 0.2) is 41.3 Å². The van der Waals surface area contributed by atoms with Gasteiger partial charge in [0.25, 0.3) is 0 Å². The molecular weight excluding hydrogens is 472 g/mol. The van der Waals surface area contributed by atoms with Gasteiger partial charge in [0, 0.05) is 56.7 Å². The number of nitrogens with zero attached hydrogens (tertiary/aromatic N) is 3. The molecule has 0 aliphatic carbocycles. The fourth-order valence-electron chi connectivity index (χ4n) is 3.53. The number of piperazine rings is 1. The Morgan fingerprint density at radius 2 is 1.67 bits per heavy atom. The fourth-order valence-corrected chi connectivity index (χ4v) is 5.36. The molecule has 0 atom stereocenters. The second-order valence-electron chi connectivity index (χ2n) is 7.22. The lowest BCUT2D eigenvalue weighted by molar-refractivity contribution is -0.133. The van der Waals surface area contributed by atoms with Gasteiger partial charge in [0.05, 0.1) is 16.8 Å². The van der Waals surface area contributed by atoms with E-state index in [2.05, 4.69) is 21.2 Å². The maximum Gasteiger partial charge on any atom is 0.243 e. The van der Waals surface area contributed by atoms with Gasteiger partial charge in [-0.15, -0.1) is 0 Å². The molecular formula is C20H25BrN4O4S. The minimum Gasteiger partial charge on any atom is -0.377 e. The molecule has 0 bridgehead atoms. The molecule has 1 aliphatic heterocycles. The van der Waals surface area contributed by atoms with Crippen LogP contribution in [-0.4, -0.2) is 81.6 Å². The molecule has 1 fully saturated rings. The lowest BCUT2D eigenvalue weighted by atomic mass is 10.1. The van der Waals surface area contributed by atoms with Crippen molar-refractivity contribution < 1.29 is 18.0 Å². The van der Waals surface area contributed by atoms with Gasteiger partial charge in [0.2, 0.25) is 21.8 Å². The zero-order valence-electron chi connectivity index (χ0n) is 17.0. The topological polar surface area (TPSA) is 90.0 Å². The van der Waals surface area contributed by atoms with E-state index < -0.39 is 10.0 Å².